The van der Waals surface area contributed by atoms with Gasteiger partial charge in [0.05, 0.1) is 5.69 Å². The molecular weight excluding hydrogens is 307 g/mol. The molecule has 1 amide bonds. The van der Waals surface area contributed by atoms with Gasteiger partial charge in [-0.2, -0.15) is 10.4 Å². The topological polar surface area (TPSA) is 91.3 Å². The van der Waals surface area contributed by atoms with E-state index in [1.165, 1.54) is 0 Å². The molecule has 1 aromatic carbocycles. The zero-order valence-electron chi connectivity index (χ0n) is 7.57. The van der Waals surface area contributed by atoms with Crippen molar-refractivity contribution in [3.05, 3.63) is 27.8 Å². The third-order valence-corrected chi connectivity index (χ3v) is 2.20. The Morgan fingerprint density at radius 2 is 2.07 bits per heavy atom. The summed E-state index contributed by atoms with van der Waals surface area (Å²) in [5, 5.41) is 12.1. The first kappa shape index (κ1) is 11.5. The molecule has 0 saturated carbocycles. The zero-order chi connectivity index (χ0) is 11.3. The third kappa shape index (κ3) is 3.55. The second-order valence-corrected chi connectivity index (χ2v) is 3.80. The Bertz CT molecular complexity index is 432. The van der Waals surface area contributed by atoms with E-state index in [-0.39, 0.29) is 5.71 Å². The van der Waals surface area contributed by atoms with Crippen LogP contribution in [0.15, 0.2) is 29.4 Å². The van der Waals surface area contributed by atoms with Gasteiger partial charge in [-0.15, -0.1) is 0 Å². The molecule has 0 atom stereocenters. The van der Waals surface area contributed by atoms with E-state index >= 15 is 0 Å². The smallest absolute Gasteiger partial charge is 0.280 e. The number of nitrogens with zero attached hydrogens (tertiary/aromatic N) is 2. The molecule has 3 N–H and O–H groups in total. The summed E-state index contributed by atoms with van der Waals surface area (Å²) >= 11 is 2.17. The van der Waals surface area contributed by atoms with Crippen LogP contribution in [-0.4, -0.2) is 11.6 Å². The van der Waals surface area contributed by atoms with E-state index in [0.717, 1.165) is 3.57 Å². The molecule has 1 aromatic rings. The highest BCUT2D eigenvalue weighted by Crippen LogP contribution is 2.10. The van der Waals surface area contributed by atoms with Crippen LogP contribution < -0.4 is 11.2 Å². The van der Waals surface area contributed by atoms with Crippen molar-refractivity contribution in [2.45, 2.75) is 0 Å². The number of carbonyl (C=O) groups excluding carboxylic acids is 1. The number of carbonyl (C=O) groups is 1. The maximum Gasteiger partial charge on any atom is 0.280 e. The molecule has 0 heterocycles. The van der Waals surface area contributed by atoms with Crippen molar-refractivity contribution in [2.75, 3.05) is 5.43 Å². The lowest BCUT2D eigenvalue weighted by Crippen LogP contribution is -2.22. The highest BCUT2D eigenvalue weighted by molar-refractivity contribution is 14.1. The van der Waals surface area contributed by atoms with Crippen LogP contribution in [0.25, 0.3) is 0 Å². The van der Waals surface area contributed by atoms with Crippen LogP contribution in [0.1, 0.15) is 0 Å². The number of hydrogen-bond acceptors (Lipinski definition) is 4. The van der Waals surface area contributed by atoms with Crippen LogP contribution in [0, 0.1) is 14.9 Å². The average Bonchev–Trinajstić information content (AvgIpc) is 2.21. The summed E-state index contributed by atoms with van der Waals surface area (Å²) in [5.74, 6) is -0.851. The quantitative estimate of drug-likeness (QED) is 0.496. The van der Waals surface area contributed by atoms with Gasteiger partial charge in [-0.05, 0) is 46.9 Å². The minimum Gasteiger partial charge on any atom is -0.364 e. The molecule has 0 unspecified atom stereocenters. The second kappa shape index (κ2) is 5.31. The van der Waals surface area contributed by atoms with E-state index in [4.69, 9.17) is 11.0 Å². The van der Waals surface area contributed by atoms with Crippen LogP contribution in [0.5, 0.6) is 0 Å². The number of amides is 1. The van der Waals surface area contributed by atoms with Crippen molar-refractivity contribution in [1.82, 2.24) is 0 Å². The fourth-order valence-electron chi connectivity index (χ4n) is 0.780. The van der Waals surface area contributed by atoms with Crippen LogP contribution in [0.2, 0.25) is 0 Å². The average molecular weight is 314 g/mol. The molecule has 15 heavy (non-hydrogen) atoms. The normalized spacial score (nSPS) is 10.5. The molecule has 5 nitrogen and oxygen atoms in total. The van der Waals surface area contributed by atoms with Gasteiger partial charge in [-0.25, -0.2) is 0 Å². The van der Waals surface area contributed by atoms with E-state index in [2.05, 4.69) is 33.1 Å². The number of anilines is 1. The Kier molecular flexibility index (Phi) is 4.05. The van der Waals surface area contributed by atoms with E-state index in [1.807, 2.05) is 12.1 Å². The third-order valence-electron chi connectivity index (χ3n) is 1.48. The lowest BCUT2D eigenvalue weighted by molar-refractivity contribution is -0.111. The molecule has 0 spiro atoms. The van der Waals surface area contributed by atoms with Crippen LogP contribution in [-0.2, 0) is 4.79 Å². The molecule has 6 heteroatoms. The number of benzene rings is 1. The summed E-state index contributed by atoms with van der Waals surface area (Å²) in [4.78, 5) is 10.6. The van der Waals surface area contributed by atoms with Crippen molar-refractivity contribution in [2.24, 2.45) is 10.8 Å². The van der Waals surface area contributed by atoms with Gasteiger partial charge in [0, 0.05) is 3.57 Å². The fraction of sp³-hybridized carbons (Fsp3) is 0. The number of primary amides is 1. The number of nitrogens with two attached hydrogens (primary N) is 1. The molecule has 1 rings (SSSR count). The van der Waals surface area contributed by atoms with E-state index in [9.17, 15) is 4.79 Å². The first-order valence-electron chi connectivity index (χ1n) is 3.92. The molecule has 0 saturated heterocycles. The Balaban J connectivity index is 2.76. The molecule has 0 bridgehead atoms. The first-order chi connectivity index (χ1) is 7.13. The van der Waals surface area contributed by atoms with Gasteiger partial charge in [0.2, 0.25) is 5.71 Å². The SMILES string of the molecule is N#CC(=NNc1ccc(I)cc1)C(N)=O. The summed E-state index contributed by atoms with van der Waals surface area (Å²) in [6.07, 6.45) is 0. The molecule has 0 aliphatic carbocycles. The van der Waals surface area contributed by atoms with Crippen LogP contribution in [0.3, 0.4) is 0 Å². The van der Waals surface area contributed by atoms with E-state index in [1.54, 1.807) is 18.2 Å². The van der Waals surface area contributed by atoms with Crippen molar-refractivity contribution < 1.29 is 4.79 Å². The van der Waals surface area contributed by atoms with Gasteiger partial charge in [-0.3, -0.25) is 10.2 Å². The van der Waals surface area contributed by atoms with E-state index in [0.29, 0.717) is 5.69 Å². The largest absolute Gasteiger partial charge is 0.364 e. The van der Waals surface area contributed by atoms with Crippen molar-refractivity contribution in [1.29, 1.82) is 5.26 Å². The molecule has 76 valence electrons. The standard InChI is InChI=1S/C9H7IN4O/c10-6-1-3-7(4-2-6)13-14-8(5-11)9(12)15/h1-4,13H,(H2,12,15). The van der Waals surface area contributed by atoms with Crippen LogP contribution in [0.4, 0.5) is 5.69 Å². The number of nitrogens with one attached hydrogen (secondary N) is 1. The Morgan fingerprint density at radius 3 is 2.53 bits per heavy atom. The van der Waals surface area contributed by atoms with Crippen molar-refractivity contribution in [3.63, 3.8) is 0 Å². The van der Waals surface area contributed by atoms with Crippen molar-refractivity contribution >= 4 is 39.9 Å². The second-order valence-electron chi connectivity index (χ2n) is 2.56. The van der Waals surface area contributed by atoms with Gasteiger partial charge in [0.15, 0.2) is 0 Å². The lowest BCUT2D eigenvalue weighted by atomic mass is 10.3. The highest BCUT2D eigenvalue weighted by atomic mass is 127. The summed E-state index contributed by atoms with van der Waals surface area (Å²) in [6, 6.07) is 8.89. The summed E-state index contributed by atoms with van der Waals surface area (Å²) in [5.41, 5.74) is 7.80. The first-order valence-corrected chi connectivity index (χ1v) is 5.00. The maximum atomic E-state index is 10.6. The molecule has 0 aromatic heterocycles. The number of rotatable bonds is 3. The Hall–Kier alpha value is -1.62. The highest BCUT2D eigenvalue weighted by Gasteiger charge is 2.04. The molecular formula is C9H7IN4O. The Labute approximate surface area is 100 Å². The zero-order valence-corrected chi connectivity index (χ0v) is 9.72. The number of hydrazone groups is 1. The van der Waals surface area contributed by atoms with Crippen LogP contribution >= 0.6 is 22.6 Å². The molecule has 0 fully saturated rings. The minimum atomic E-state index is -0.851. The predicted octanol–water partition coefficient (Wildman–Crippen LogP) is 1.07. The number of nitriles is 1. The van der Waals surface area contributed by atoms with Gasteiger partial charge >= 0.3 is 0 Å². The molecule has 0 aliphatic heterocycles. The van der Waals surface area contributed by atoms with Gasteiger partial charge < -0.3 is 5.73 Å². The maximum absolute atomic E-state index is 10.6. The summed E-state index contributed by atoms with van der Waals surface area (Å²) in [7, 11) is 0. The molecule has 0 radical (unpaired) electrons. The number of halogens is 1. The predicted molar refractivity (Wildman–Crippen MR) is 65.0 cm³/mol. The number of hydrogen-bond donors (Lipinski definition) is 2. The fourth-order valence-corrected chi connectivity index (χ4v) is 1.14. The minimum absolute atomic E-state index is 0.353. The molecule has 0 aliphatic rings. The van der Waals surface area contributed by atoms with Gasteiger partial charge in [0.25, 0.3) is 5.91 Å². The monoisotopic (exact) mass is 314 g/mol. The van der Waals surface area contributed by atoms with Gasteiger partial charge in [0.1, 0.15) is 6.07 Å². The Morgan fingerprint density at radius 1 is 1.47 bits per heavy atom. The van der Waals surface area contributed by atoms with Gasteiger partial charge in [-0.1, -0.05) is 0 Å². The van der Waals surface area contributed by atoms with E-state index < -0.39 is 5.91 Å². The van der Waals surface area contributed by atoms with Crippen molar-refractivity contribution in [3.8, 4) is 6.07 Å². The lowest BCUT2D eigenvalue weighted by Gasteiger charge is -1.99. The summed E-state index contributed by atoms with van der Waals surface area (Å²) < 4.78 is 1.08. The summed E-state index contributed by atoms with van der Waals surface area (Å²) in [6.45, 7) is 0.